The summed E-state index contributed by atoms with van der Waals surface area (Å²) in [5.74, 6) is 0.0719. The Morgan fingerprint density at radius 2 is 2.00 bits per heavy atom. The molecule has 0 aliphatic carbocycles. The van der Waals surface area contributed by atoms with Gasteiger partial charge in [-0.3, -0.25) is 14.4 Å². The first kappa shape index (κ1) is 23.1. The Hall–Kier alpha value is -4.08. The lowest BCUT2D eigenvalue weighted by Crippen LogP contribution is -2.47. The summed E-state index contributed by atoms with van der Waals surface area (Å²) in [5, 5.41) is 8.52. The van der Waals surface area contributed by atoms with E-state index in [9.17, 15) is 14.4 Å². The van der Waals surface area contributed by atoms with Crippen molar-refractivity contribution in [3.8, 4) is 11.5 Å². The van der Waals surface area contributed by atoms with Gasteiger partial charge in [-0.1, -0.05) is 0 Å². The minimum Gasteiger partial charge on any atom is -0.497 e. The second-order valence-electron chi connectivity index (χ2n) is 7.91. The van der Waals surface area contributed by atoms with Crippen LogP contribution in [0.25, 0.3) is 11.0 Å². The second-order valence-corrected chi connectivity index (χ2v) is 7.91. The maximum atomic E-state index is 12.8. The van der Waals surface area contributed by atoms with Gasteiger partial charge in [-0.2, -0.15) is 0 Å². The lowest BCUT2D eigenvalue weighted by Gasteiger charge is -2.20. The van der Waals surface area contributed by atoms with E-state index in [2.05, 4.69) is 25.9 Å². The number of aromatic amines is 1. The molecule has 4 rings (SSSR count). The van der Waals surface area contributed by atoms with Crippen LogP contribution in [0.4, 0.5) is 0 Å². The molecule has 2 heterocycles. The van der Waals surface area contributed by atoms with Gasteiger partial charge in [0.05, 0.1) is 36.6 Å². The Labute approximate surface area is 196 Å². The average Bonchev–Trinajstić information content (AvgIpc) is 3.32. The van der Waals surface area contributed by atoms with Crippen LogP contribution in [-0.4, -0.2) is 60.5 Å². The number of H-pyrrole nitrogens is 1. The molecule has 0 spiro atoms. The minimum atomic E-state index is -0.712. The van der Waals surface area contributed by atoms with E-state index in [1.807, 2.05) is 0 Å². The van der Waals surface area contributed by atoms with E-state index in [0.29, 0.717) is 48.4 Å². The summed E-state index contributed by atoms with van der Waals surface area (Å²) < 4.78 is 11.0. The normalized spacial score (nSPS) is 17.5. The lowest BCUT2D eigenvalue weighted by molar-refractivity contribution is -0.123. The van der Waals surface area contributed by atoms with Crippen LogP contribution in [0.3, 0.4) is 0 Å². The molecule has 0 bridgehead atoms. The largest absolute Gasteiger partial charge is 0.497 e. The molecule has 0 saturated carbocycles. The maximum Gasteiger partial charge on any atom is 0.255 e. The number of amides is 3. The number of fused-ring (bicyclic) bond motifs is 2. The van der Waals surface area contributed by atoms with Crippen LogP contribution in [0, 0.1) is 0 Å². The number of carbonyl (C=O) groups is 3. The number of methoxy groups -OCH3 is 1. The van der Waals surface area contributed by atoms with E-state index >= 15 is 0 Å². The van der Waals surface area contributed by atoms with Gasteiger partial charge in [-0.05, 0) is 49.6 Å². The summed E-state index contributed by atoms with van der Waals surface area (Å²) in [4.78, 5) is 45.4. The molecule has 3 aromatic rings. The van der Waals surface area contributed by atoms with E-state index < -0.39 is 6.04 Å². The summed E-state index contributed by atoms with van der Waals surface area (Å²) in [6.45, 7) is 0.795. The highest BCUT2D eigenvalue weighted by Crippen LogP contribution is 2.25. The van der Waals surface area contributed by atoms with Crippen LogP contribution in [0.5, 0.6) is 11.5 Å². The maximum absolute atomic E-state index is 12.8. The van der Waals surface area contributed by atoms with E-state index in [1.54, 1.807) is 42.7 Å². The number of hydrogen-bond acceptors (Lipinski definition) is 6. The molecule has 1 aromatic heterocycles. The van der Waals surface area contributed by atoms with Crippen LogP contribution in [0.15, 0.2) is 42.7 Å². The van der Waals surface area contributed by atoms with Gasteiger partial charge in [0.1, 0.15) is 24.1 Å². The first-order valence-electron chi connectivity index (χ1n) is 11.2. The molecule has 4 N–H and O–H groups in total. The van der Waals surface area contributed by atoms with E-state index in [-0.39, 0.29) is 30.9 Å². The van der Waals surface area contributed by atoms with Gasteiger partial charge < -0.3 is 30.4 Å². The van der Waals surface area contributed by atoms with Crippen molar-refractivity contribution >= 4 is 28.8 Å². The van der Waals surface area contributed by atoms with Gasteiger partial charge in [0.15, 0.2) is 0 Å². The third-order valence-electron chi connectivity index (χ3n) is 5.60. The number of nitrogens with one attached hydrogen (secondary N) is 4. The number of hydrogen-bond donors (Lipinski definition) is 4. The Bertz CT molecular complexity index is 1190. The zero-order valence-electron chi connectivity index (χ0n) is 18.8. The van der Waals surface area contributed by atoms with Crippen LogP contribution in [0.1, 0.15) is 40.0 Å². The Kier molecular flexibility index (Phi) is 7.26. The average molecular weight is 466 g/mol. The fourth-order valence-corrected chi connectivity index (χ4v) is 3.75. The molecule has 0 unspecified atom stereocenters. The number of rotatable bonds is 3. The van der Waals surface area contributed by atoms with Crippen molar-refractivity contribution in [3.63, 3.8) is 0 Å². The summed E-state index contributed by atoms with van der Waals surface area (Å²) >= 11 is 0. The first-order valence-corrected chi connectivity index (χ1v) is 11.2. The van der Waals surface area contributed by atoms with Crippen molar-refractivity contribution in [1.82, 2.24) is 25.9 Å². The molecule has 1 aliphatic heterocycles. The highest BCUT2D eigenvalue weighted by molar-refractivity contribution is 6.00. The summed E-state index contributed by atoms with van der Waals surface area (Å²) in [5.41, 5.74) is 2.34. The zero-order valence-corrected chi connectivity index (χ0v) is 18.8. The van der Waals surface area contributed by atoms with E-state index in [4.69, 9.17) is 9.47 Å². The van der Waals surface area contributed by atoms with Crippen molar-refractivity contribution in [2.75, 3.05) is 26.8 Å². The number of ether oxygens (including phenoxy) is 2. The van der Waals surface area contributed by atoms with E-state index in [0.717, 1.165) is 11.0 Å². The van der Waals surface area contributed by atoms with Gasteiger partial charge in [0.2, 0.25) is 5.91 Å². The van der Waals surface area contributed by atoms with Crippen LogP contribution in [-0.2, 0) is 4.79 Å². The summed E-state index contributed by atoms with van der Waals surface area (Å²) in [6.07, 6.45) is 3.29. The van der Waals surface area contributed by atoms with Crippen molar-refractivity contribution < 1.29 is 23.9 Å². The number of carbonyl (C=O) groups excluding carboxylic acids is 3. The van der Waals surface area contributed by atoms with Gasteiger partial charge in [-0.25, -0.2) is 4.98 Å². The van der Waals surface area contributed by atoms with Crippen molar-refractivity contribution in [2.45, 2.75) is 25.3 Å². The second kappa shape index (κ2) is 10.7. The molecule has 1 atom stereocenters. The number of aromatic nitrogens is 2. The summed E-state index contributed by atoms with van der Waals surface area (Å²) in [7, 11) is 1.53. The molecule has 0 fully saturated rings. The predicted molar refractivity (Wildman–Crippen MR) is 125 cm³/mol. The third kappa shape index (κ3) is 5.45. The predicted octanol–water partition coefficient (Wildman–Crippen LogP) is 1.78. The molecular weight excluding hydrogens is 438 g/mol. The summed E-state index contributed by atoms with van der Waals surface area (Å²) in [6, 6.07) is 9.41. The van der Waals surface area contributed by atoms with Crippen LogP contribution < -0.4 is 25.4 Å². The highest BCUT2D eigenvalue weighted by atomic mass is 16.5. The number of nitrogens with zero attached hydrogens (tertiary/aromatic N) is 1. The van der Waals surface area contributed by atoms with Crippen LogP contribution in [0.2, 0.25) is 0 Å². The monoisotopic (exact) mass is 465 g/mol. The van der Waals surface area contributed by atoms with Crippen molar-refractivity contribution in [1.29, 1.82) is 0 Å². The quantitative estimate of drug-likeness (QED) is 0.466. The Morgan fingerprint density at radius 1 is 1.12 bits per heavy atom. The molecule has 1 aliphatic rings. The molecule has 34 heavy (non-hydrogen) atoms. The fourth-order valence-electron chi connectivity index (χ4n) is 3.75. The molecule has 10 heteroatoms. The van der Waals surface area contributed by atoms with Gasteiger partial charge in [0, 0.05) is 18.2 Å². The van der Waals surface area contributed by atoms with Crippen LogP contribution >= 0.6 is 0 Å². The molecule has 0 radical (unpaired) electrons. The standard InChI is InChI=1S/C24H27N5O5/c1-33-16-6-7-17-21(13-16)34-11-10-26-24(32)19(4-2-3-9-25-23(17)31)29-22(30)15-5-8-18-20(12-15)28-14-27-18/h5-8,12-14,19H,2-4,9-11H2,1H3,(H,25,31)(H,26,32)(H,27,28)(H,29,30)/t19-/m0/s1. The minimum absolute atomic E-state index is 0.149. The van der Waals surface area contributed by atoms with Gasteiger partial charge >= 0.3 is 0 Å². The van der Waals surface area contributed by atoms with Crippen molar-refractivity contribution in [3.05, 3.63) is 53.9 Å². The van der Waals surface area contributed by atoms with E-state index in [1.165, 1.54) is 7.11 Å². The molecule has 10 nitrogen and oxygen atoms in total. The fraction of sp³-hybridized carbons (Fsp3) is 0.333. The Morgan fingerprint density at radius 3 is 2.85 bits per heavy atom. The number of benzene rings is 2. The lowest BCUT2D eigenvalue weighted by atomic mass is 10.1. The topological polar surface area (TPSA) is 134 Å². The molecule has 178 valence electrons. The number of imidazole rings is 1. The molecule has 3 amide bonds. The SMILES string of the molecule is COc1ccc2c(c1)OCCNC(=O)[C@@H](NC(=O)c1ccc3nc[nH]c3c1)CCCCNC2=O. The van der Waals surface area contributed by atoms with Crippen molar-refractivity contribution in [2.24, 2.45) is 0 Å². The molecule has 2 aromatic carbocycles. The first-order chi connectivity index (χ1) is 16.5. The molecular formula is C24H27N5O5. The van der Waals surface area contributed by atoms with Gasteiger partial charge in [0.25, 0.3) is 11.8 Å². The third-order valence-corrected chi connectivity index (χ3v) is 5.60. The zero-order chi connectivity index (χ0) is 23.9. The molecule has 0 saturated heterocycles. The Balaban J connectivity index is 1.44. The smallest absolute Gasteiger partial charge is 0.255 e. The highest BCUT2D eigenvalue weighted by Gasteiger charge is 2.22. The van der Waals surface area contributed by atoms with Gasteiger partial charge in [-0.15, -0.1) is 0 Å².